The molecule has 10 rings (SSSR count). The number of thioether (sulfide) groups is 1. The summed E-state index contributed by atoms with van der Waals surface area (Å²) in [4.78, 5) is 3.77. The Morgan fingerprint density at radius 3 is 1.46 bits per heavy atom. The van der Waals surface area contributed by atoms with E-state index in [1.807, 2.05) is 11.8 Å². The van der Waals surface area contributed by atoms with Crippen molar-refractivity contribution in [3.63, 3.8) is 0 Å². The van der Waals surface area contributed by atoms with Crippen molar-refractivity contribution in [2.24, 2.45) is 0 Å². The molecule has 0 N–H and O–H groups in total. The minimum absolute atomic E-state index is 0.452. The third-order valence-corrected chi connectivity index (χ3v) is 12.0. The molecule has 0 aromatic heterocycles. The van der Waals surface area contributed by atoms with Crippen LogP contribution in [0.1, 0.15) is 11.5 Å². The molecule has 2 heteroatoms. The van der Waals surface area contributed by atoms with Crippen LogP contribution >= 0.6 is 11.8 Å². The van der Waals surface area contributed by atoms with E-state index in [4.69, 9.17) is 0 Å². The molecule has 8 aromatic rings. The molecule has 2 atom stereocenters. The van der Waals surface area contributed by atoms with Crippen molar-refractivity contribution >= 4 is 50.4 Å². The fraction of sp³-hybridized carbons (Fsp3) is 0.0400. The van der Waals surface area contributed by atoms with Gasteiger partial charge in [-0.05, 0) is 109 Å². The first-order valence-electron chi connectivity index (χ1n) is 18.0. The van der Waals surface area contributed by atoms with Crippen molar-refractivity contribution in [1.82, 2.24) is 0 Å². The van der Waals surface area contributed by atoms with Crippen LogP contribution in [-0.4, -0.2) is 5.25 Å². The van der Waals surface area contributed by atoms with E-state index in [0.717, 1.165) is 17.1 Å². The minimum atomic E-state index is 0.452. The second-order valence-electron chi connectivity index (χ2n) is 13.7. The van der Waals surface area contributed by atoms with E-state index in [1.165, 1.54) is 65.4 Å². The van der Waals surface area contributed by atoms with Crippen LogP contribution in [0.15, 0.2) is 205 Å². The van der Waals surface area contributed by atoms with Crippen molar-refractivity contribution in [2.75, 3.05) is 4.90 Å². The van der Waals surface area contributed by atoms with Crippen LogP contribution in [0.3, 0.4) is 0 Å². The van der Waals surface area contributed by atoms with Crippen LogP contribution in [0.5, 0.6) is 0 Å². The number of anilines is 3. The van der Waals surface area contributed by atoms with Crippen molar-refractivity contribution in [3.05, 3.63) is 206 Å². The standard InChI is InChI=1S/C50H35NS/c1-3-13-43-35(9-1)11-7-16-45(43)37-21-28-41(29-22-37)51(42-30-23-38(24-31-42)46-17-8-12-36-10-2-4-14-44(36)46)40-26-19-34(20-27-40)39-25-32-50-48(33-39)47-15-5-6-18-49(47)52-50/h1-33,47,49H. The molecule has 0 radical (unpaired) electrons. The summed E-state index contributed by atoms with van der Waals surface area (Å²) in [5.41, 5.74) is 12.2. The van der Waals surface area contributed by atoms with Gasteiger partial charge in [0.05, 0.1) is 0 Å². The van der Waals surface area contributed by atoms with Crippen molar-refractivity contribution in [1.29, 1.82) is 0 Å². The summed E-state index contributed by atoms with van der Waals surface area (Å²) in [6, 6.07) is 64.5. The summed E-state index contributed by atoms with van der Waals surface area (Å²) in [5, 5.41) is 5.55. The lowest BCUT2D eigenvalue weighted by Gasteiger charge is -2.26. The van der Waals surface area contributed by atoms with Gasteiger partial charge in [0.25, 0.3) is 0 Å². The summed E-state index contributed by atoms with van der Waals surface area (Å²) in [7, 11) is 0. The van der Waals surface area contributed by atoms with Crippen LogP contribution in [0.2, 0.25) is 0 Å². The predicted octanol–water partition coefficient (Wildman–Crippen LogP) is 14.1. The Morgan fingerprint density at radius 2 is 0.885 bits per heavy atom. The molecule has 52 heavy (non-hydrogen) atoms. The zero-order chi connectivity index (χ0) is 34.4. The molecular formula is C50H35NS. The fourth-order valence-corrected chi connectivity index (χ4v) is 9.33. The summed E-state index contributed by atoms with van der Waals surface area (Å²) < 4.78 is 0. The summed E-state index contributed by atoms with van der Waals surface area (Å²) in [6.07, 6.45) is 9.06. The van der Waals surface area contributed by atoms with Gasteiger partial charge in [-0.3, -0.25) is 0 Å². The number of hydrogen-bond donors (Lipinski definition) is 0. The van der Waals surface area contributed by atoms with Gasteiger partial charge in [0.15, 0.2) is 0 Å². The smallest absolute Gasteiger partial charge is 0.0462 e. The van der Waals surface area contributed by atoms with E-state index in [1.54, 1.807) is 0 Å². The highest BCUT2D eigenvalue weighted by molar-refractivity contribution is 8.00. The number of nitrogens with zero attached hydrogens (tertiary/aromatic N) is 1. The molecule has 8 aromatic carbocycles. The van der Waals surface area contributed by atoms with E-state index >= 15 is 0 Å². The second-order valence-corrected chi connectivity index (χ2v) is 14.9. The van der Waals surface area contributed by atoms with Gasteiger partial charge in [-0.15, -0.1) is 11.8 Å². The molecule has 0 fully saturated rings. The summed E-state index contributed by atoms with van der Waals surface area (Å²) in [6.45, 7) is 0. The SMILES string of the molecule is C1=CC2Sc3ccc(-c4ccc(N(c5ccc(-c6cccc7ccccc67)cc5)c5ccc(-c6cccc7ccccc67)cc5)cc4)cc3C2C=C1. The Bertz CT molecular complexity index is 2520. The van der Waals surface area contributed by atoms with Gasteiger partial charge in [0.1, 0.15) is 0 Å². The number of hydrogen-bond acceptors (Lipinski definition) is 2. The highest BCUT2D eigenvalue weighted by Crippen LogP contribution is 2.49. The molecule has 0 saturated carbocycles. The zero-order valence-electron chi connectivity index (χ0n) is 28.6. The molecule has 2 aliphatic rings. The zero-order valence-corrected chi connectivity index (χ0v) is 29.4. The lowest BCUT2D eigenvalue weighted by Crippen LogP contribution is -2.09. The average Bonchev–Trinajstić information content (AvgIpc) is 3.59. The predicted molar refractivity (Wildman–Crippen MR) is 223 cm³/mol. The first-order chi connectivity index (χ1) is 25.8. The highest BCUT2D eigenvalue weighted by atomic mass is 32.2. The Morgan fingerprint density at radius 1 is 0.404 bits per heavy atom. The second kappa shape index (κ2) is 12.9. The maximum Gasteiger partial charge on any atom is 0.0462 e. The number of fused-ring (bicyclic) bond motifs is 5. The van der Waals surface area contributed by atoms with Crippen LogP contribution in [0, 0.1) is 0 Å². The molecule has 0 amide bonds. The first-order valence-corrected chi connectivity index (χ1v) is 18.9. The van der Waals surface area contributed by atoms with Crippen molar-refractivity contribution in [2.45, 2.75) is 16.1 Å². The molecule has 0 spiro atoms. The largest absolute Gasteiger partial charge is 0.311 e. The van der Waals surface area contributed by atoms with Crippen molar-refractivity contribution in [3.8, 4) is 33.4 Å². The lowest BCUT2D eigenvalue weighted by molar-refractivity contribution is 0.881. The Kier molecular flexibility index (Phi) is 7.62. The summed E-state index contributed by atoms with van der Waals surface area (Å²) >= 11 is 1.98. The van der Waals surface area contributed by atoms with E-state index in [2.05, 4.69) is 205 Å². The molecule has 1 nitrogen and oxygen atoms in total. The van der Waals surface area contributed by atoms with Gasteiger partial charge >= 0.3 is 0 Å². The topological polar surface area (TPSA) is 3.24 Å². The molecule has 0 bridgehead atoms. The average molecular weight is 682 g/mol. The molecular weight excluding hydrogens is 647 g/mol. The summed E-state index contributed by atoms with van der Waals surface area (Å²) in [5.74, 6) is 0.452. The minimum Gasteiger partial charge on any atom is -0.311 e. The Labute approximate surface area is 309 Å². The van der Waals surface area contributed by atoms with E-state index in [0.29, 0.717) is 11.2 Å². The normalized spacial score (nSPS) is 15.8. The van der Waals surface area contributed by atoms with E-state index < -0.39 is 0 Å². The molecule has 2 unspecified atom stereocenters. The van der Waals surface area contributed by atoms with Gasteiger partial charge in [-0.25, -0.2) is 0 Å². The van der Waals surface area contributed by atoms with Crippen LogP contribution in [-0.2, 0) is 0 Å². The Balaban J connectivity index is 1.03. The van der Waals surface area contributed by atoms with Crippen LogP contribution < -0.4 is 4.90 Å². The van der Waals surface area contributed by atoms with Gasteiger partial charge in [0, 0.05) is 33.1 Å². The maximum absolute atomic E-state index is 2.40. The van der Waals surface area contributed by atoms with Gasteiger partial charge in [0.2, 0.25) is 0 Å². The molecule has 1 heterocycles. The van der Waals surface area contributed by atoms with Crippen LogP contribution in [0.4, 0.5) is 17.1 Å². The van der Waals surface area contributed by atoms with Gasteiger partial charge in [-0.2, -0.15) is 0 Å². The fourth-order valence-electron chi connectivity index (χ4n) is 8.01. The molecule has 0 saturated heterocycles. The highest BCUT2D eigenvalue weighted by Gasteiger charge is 2.31. The number of benzene rings is 8. The molecule has 246 valence electrons. The lowest BCUT2D eigenvalue weighted by atomic mass is 9.90. The number of rotatable bonds is 6. The Hall–Kier alpha value is -6.09. The quantitative estimate of drug-likeness (QED) is 0.172. The third-order valence-electron chi connectivity index (χ3n) is 10.6. The van der Waals surface area contributed by atoms with E-state index in [9.17, 15) is 0 Å². The monoisotopic (exact) mass is 681 g/mol. The molecule has 1 aliphatic carbocycles. The van der Waals surface area contributed by atoms with Crippen LogP contribution in [0.25, 0.3) is 54.9 Å². The van der Waals surface area contributed by atoms with E-state index in [-0.39, 0.29) is 0 Å². The van der Waals surface area contributed by atoms with Crippen molar-refractivity contribution < 1.29 is 0 Å². The maximum atomic E-state index is 2.40. The molecule has 1 aliphatic heterocycles. The van der Waals surface area contributed by atoms with Gasteiger partial charge in [-0.1, -0.05) is 152 Å². The number of allylic oxidation sites excluding steroid dienone is 3. The third kappa shape index (κ3) is 5.44. The van der Waals surface area contributed by atoms with Gasteiger partial charge < -0.3 is 4.90 Å². The first kappa shape index (κ1) is 30.7.